The summed E-state index contributed by atoms with van der Waals surface area (Å²) in [7, 11) is 1.75. The third kappa shape index (κ3) is 3.18. The minimum atomic E-state index is -0.267. The van der Waals surface area contributed by atoms with Crippen molar-refractivity contribution in [1.82, 2.24) is 14.5 Å². The van der Waals surface area contributed by atoms with Crippen molar-refractivity contribution in [3.8, 4) is 11.8 Å². The van der Waals surface area contributed by atoms with E-state index in [1.807, 2.05) is 0 Å². The second-order valence-electron chi connectivity index (χ2n) is 3.78. The lowest BCUT2D eigenvalue weighted by Crippen LogP contribution is -2.16. The third-order valence-corrected chi connectivity index (χ3v) is 2.39. The molecule has 96 valence electrons. The van der Waals surface area contributed by atoms with Gasteiger partial charge in [0.2, 0.25) is 0 Å². The Kier molecular flexibility index (Phi) is 3.90. The van der Waals surface area contributed by atoms with Gasteiger partial charge in [-0.1, -0.05) is 11.8 Å². The fourth-order valence-corrected chi connectivity index (χ4v) is 1.49. The van der Waals surface area contributed by atoms with Gasteiger partial charge in [0.15, 0.2) is 0 Å². The molecule has 0 aliphatic heterocycles. The van der Waals surface area contributed by atoms with E-state index in [9.17, 15) is 4.79 Å². The van der Waals surface area contributed by atoms with Crippen molar-refractivity contribution in [3.63, 3.8) is 0 Å². The molecule has 0 aliphatic carbocycles. The zero-order valence-corrected chi connectivity index (χ0v) is 10.4. The highest BCUT2D eigenvalue weighted by molar-refractivity contribution is 6.02. The average molecular weight is 255 g/mol. The summed E-state index contributed by atoms with van der Waals surface area (Å²) in [6.45, 7) is 0.291. The fourth-order valence-electron chi connectivity index (χ4n) is 1.49. The van der Waals surface area contributed by atoms with Gasteiger partial charge in [0.1, 0.15) is 11.5 Å². The molecule has 0 aliphatic rings. The number of nitrogens with one attached hydrogen (secondary N) is 1. The summed E-state index contributed by atoms with van der Waals surface area (Å²) in [5.74, 6) is 5.80. The highest BCUT2D eigenvalue weighted by atomic mass is 16.2. The van der Waals surface area contributed by atoms with Gasteiger partial charge in [-0.25, -0.2) is 9.97 Å². The van der Waals surface area contributed by atoms with E-state index >= 15 is 0 Å². The van der Waals surface area contributed by atoms with Crippen LogP contribution in [0.5, 0.6) is 0 Å². The number of carbonyl (C=O) groups is 1. The molecule has 2 aromatic rings. The molecule has 6 nitrogen and oxygen atoms in total. The van der Waals surface area contributed by atoms with Crippen LogP contribution in [0.4, 0.5) is 5.82 Å². The highest BCUT2D eigenvalue weighted by Crippen LogP contribution is 2.08. The van der Waals surface area contributed by atoms with Crippen molar-refractivity contribution >= 4 is 11.7 Å². The Morgan fingerprint density at radius 1 is 1.58 bits per heavy atom. The van der Waals surface area contributed by atoms with Gasteiger partial charge < -0.3 is 15.6 Å². The lowest BCUT2D eigenvalue weighted by molar-refractivity contribution is 0.101. The van der Waals surface area contributed by atoms with Gasteiger partial charge in [-0.05, 0) is 12.1 Å². The monoisotopic (exact) mass is 255 g/mol. The number of nitrogens with zero attached hydrogens (tertiary/aromatic N) is 3. The number of aromatic nitrogens is 3. The minimum absolute atomic E-state index is 0.267. The SMILES string of the molecule is Cn1cncc1C(=O)Nc1cc(C#CCN)ccn1. The van der Waals surface area contributed by atoms with Crippen LogP contribution in [0.3, 0.4) is 0 Å². The molecule has 2 rings (SSSR count). The molecule has 6 heteroatoms. The van der Waals surface area contributed by atoms with Crippen molar-refractivity contribution in [3.05, 3.63) is 42.1 Å². The molecule has 0 bridgehead atoms. The molecular weight excluding hydrogens is 242 g/mol. The number of nitrogens with two attached hydrogens (primary N) is 1. The molecule has 0 radical (unpaired) electrons. The first-order valence-corrected chi connectivity index (χ1v) is 5.63. The first kappa shape index (κ1) is 12.8. The molecule has 0 aromatic carbocycles. The molecule has 2 heterocycles. The Hall–Kier alpha value is -2.65. The predicted octanol–water partition coefficient (Wildman–Crippen LogP) is 0.378. The summed E-state index contributed by atoms with van der Waals surface area (Å²) in [5.41, 5.74) is 6.52. The smallest absolute Gasteiger partial charge is 0.275 e. The van der Waals surface area contributed by atoms with Crippen LogP contribution in [0.25, 0.3) is 0 Å². The molecule has 19 heavy (non-hydrogen) atoms. The zero-order valence-electron chi connectivity index (χ0n) is 10.4. The van der Waals surface area contributed by atoms with Crippen molar-refractivity contribution in [2.75, 3.05) is 11.9 Å². The number of hydrogen-bond donors (Lipinski definition) is 2. The van der Waals surface area contributed by atoms with Crippen LogP contribution in [0.2, 0.25) is 0 Å². The van der Waals surface area contributed by atoms with Gasteiger partial charge in [0.25, 0.3) is 5.91 Å². The van der Waals surface area contributed by atoms with Gasteiger partial charge in [-0.2, -0.15) is 0 Å². The quantitative estimate of drug-likeness (QED) is 0.759. The maximum Gasteiger partial charge on any atom is 0.275 e. The van der Waals surface area contributed by atoms with Gasteiger partial charge >= 0.3 is 0 Å². The van der Waals surface area contributed by atoms with E-state index in [2.05, 4.69) is 27.1 Å². The van der Waals surface area contributed by atoms with E-state index in [1.54, 1.807) is 36.3 Å². The Morgan fingerprint density at radius 2 is 2.42 bits per heavy atom. The van der Waals surface area contributed by atoms with E-state index in [4.69, 9.17) is 5.73 Å². The largest absolute Gasteiger partial charge is 0.330 e. The molecule has 0 spiro atoms. The van der Waals surface area contributed by atoms with E-state index in [0.29, 0.717) is 18.1 Å². The fraction of sp³-hybridized carbons (Fsp3) is 0.154. The molecular formula is C13H13N5O. The molecule has 0 saturated carbocycles. The number of amides is 1. The predicted molar refractivity (Wildman–Crippen MR) is 71.3 cm³/mol. The second kappa shape index (κ2) is 5.80. The number of aryl methyl sites for hydroxylation is 1. The first-order chi connectivity index (χ1) is 9.20. The van der Waals surface area contributed by atoms with Crippen LogP contribution >= 0.6 is 0 Å². The standard InChI is InChI=1S/C13H13N5O/c1-18-9-15-8-11(18)13(19)17-12-7-10(3-2-5-14)4-6-16-12/h4,6-9H,5,14H2,1H3,(H,16,17,19). The topological polar surface area (TPSA) is 85.8 Å². The van der Waals surface area contributed by atoms with Gasteiger partial charge in [0, 0.05) is 18.8 Å². The van der Waals surface area contributed by atoms with E-state index < -0.39 is 0 Å². The van der Waals surface area contributed by atoms with Crippen LogP contribution in [-0.2, 0) is 7.05 Å². The zero-order chi connectivity index (χ0) is 13.7. The maximum atomic E-state index is 12.0. The van der Waals surface area contributed by atoms with Crippen LogP contribution in [0.15, 0.2) is 30.9 Å². The number of anilines is 1. The van der Waals surface area contributed by atoms with Crippen LogP contribution < -0.4 is 11.1 Å². The van der Waals surface area contributed by atoms with Crippen molar-refractivity contribution in [2.24, 2.45) is 12.8 Å². The highest BCUT2D eigenvalue weighted by Gasteiger charge is 2.10. The minimum Gasteiger partial charge on any atom is -0.330 e. The number of rotatable bonds is 2. The molecule has 3 N–H and O–H groups in total. The normalized spacial score (nSPS) is 9.58. The summed E-state index contributed by atoms with van der Waals surface area (Å²) in [6, 6.07) is 3.44. The van der Waals surface area contributed by atoms with Crippen molar-refractivity contribution in [1.29, 1.82) is 0 Å². The average Bonchev–Trinajstić information content (AvgIpc) is 2.83. The van der Waals surface area contributed by atoms with Crippen LogP contribution in [-0.4, -0.2) is 27.0 Å². The molecule has 0 saturated heterocycles. The summed E-state index contributed by atoms with van der Waals surface area (Å²) in [5, 5.41) is 2.69. The Morgan fingerprint density at radius 3 is 3.11 bits per heavy atom. The van der Waals surface area contributed by atoms with E-state index in [-0.39, 0.29) is 5.91 Å². The summed E-state index contributed by atoms with van der Waals surface area (Å²) < 4.78 is 1.63. The molecule has 2 aromatic heterocycles. The molecule has 1 amide bonds. The summed E-state index contributed by atoms with van der Waals surface area (Å²) in [4.78, 5) is 19.9. The lowest BCUT2D eigenvalue weighted by atomic mass is 10.2. The van der Waals surface area contributed by atoms with Crippen LogP contribution in [0, 0.1) is 11.8 Å². The van der Waals surface area contributed by atoms with Crippen LogP contribution in [0.1, 0.15) is 16.1 Å². The number of imidazole rings is 1. The van der Waals surface area contributed by atoms with Crippen molar-refractivity contribution < 1.29 is 4.79 Å². The Labute approximate surface area is 110 Å². The lowest BCUT2D eigenvalue weighted by Gasteiger charge is -2.04. The third-order valence-electron chi connectivity index (χ3n) is 2.39. The van der Waals surface area contributed by atoms with Gasteiger partial charge in [-0.3, -0.25) is 4.79 Å². The van der Waals surface area contributed by atoms with Gasteiger partial charge in [-0.15, -0.1) is 0 Å². The van der Waals surface area contributed by atoms with Crippen molar-refractivity contribution in [2.45, 2.75) is 0 Å². The molecule has 0 atom stereocenters. The summed E-state index contributed by atoms with van der Waals surface area (Å²) >= 11 is 0. The number of hydrogen-bond acceptors (Lipinski definition) is 4. The molecule has 0 unspecified atom stereocenters. The Bertz CT molecular complexity index is 650. The van der Waals surface area contributed by atoms with Gasteiger partial charge in [0.05, 0.1) is 19.1 Å². The second-order valence-corrected chi connectivity index (χ2v) is 3.78. The Balaban J connectivity index is 2.15. The number of carbonyl (C=O) groups excluding carboxylic acids is 1. The molecule has 0 fully saturated rings. The van der Waals surface area contributed by atoms with E-state index in [1.165, 1.54) is 6.20 Å². The number of pyridine rings is 1. The summed E-state index contributed by atoms with van der Waals surface area (Å²) in [6.07, 6.45) is 4.64. The first-order valence-electron chi connectivity index (χ1n) is 5.63. The van der Waals surface area contributed by atoms with E-state index in [0.717, 1.165) is 5.56 Å². The maximum absolute atomic E-state index is 12.0.